The molecule has 110 valence electrons. The molecule has 5 nitrogen and oxygen atoms in total. The van der Waals surface area contributed by atoms with Crippen molar-refractivity contribution in [2.75, 3.05) is 0 Å². The first-order chi connectivity index (χ1) is 10.8. The third-order valence-electron chi connectivity index (χ3n) is 2.86. The van der Waals surface area contributed by atoms with Crippen molar-refractivity contribution in [3.63, 3.8) is 0 Å². The summed E-state index contributed by atoms with van der Waals surface area (Å²) < 4.78 is 5.12. The van der Waals surface area contributed by atoms with Crippen LogP contribution in [0.5, 0.6) is 0 Å². The highest BCUT2D eigenvalue weighted by molar-refractivity contribution is 7.10. The lowest BCUT2D eigenvalue weighted by Crippen LogP contribution is -2.20. The van der Waals surface area contributed by atoms with E-state index in [9.17, 15) is 4.79 Å². The van der Waals surface area contributed by atoms with Crippen LogP contribution in [0.15, 0.2) is 58.4 Å². The summed E-state index contributed by atoms with van der Waals surface area (Å²) >= 11 is 1.57. The highest BCUT2D eigenvalue weighted by Gasteiger charge is 2.08. The molecule has 0 saturated carbocycles. The number of hydrogen-bond acceptors (Lipinski definition) is 5. The van der Waals surface area contributed by atoms with Crippen LogP contribution in [-0.2, 0) is 11.3 Å². The molecule has 2 heterocycles. The van der Waals surface area contributed by atoms with Crippen molar-refractivity contribution in [2.24, 2.45) is 0 Å². The molecule has 3 aromatic rings. The van der Waals surface area contributed by atoms with Crippen molar-refractivity contribution in [1.29, 1.82) is 0 Å². The maximum Gasteiger partial charge on any atom is 0.246 e. The summed E-state index contributed by atoms with van der Waals surface area (Å²) in [7, 11) is 0. The first kappa shape index (κ1) is 14.2. The predicted octanol–water partition coefficient (Wildman–Crippen LogP) is 3.13. The van der Waals surface area contributed by atoms with E-state index in [-0.39, 0.29) is 12.5 Å². The van der Waals surface area contributed by atoms with Gasteiger partial charge < -0.3 is 9.84 Å². The zero-order chi connectivity index (χ0) is 15.2. The lowest BCUT2D eigenvalue weighted by atomic mass is 10.2. The van der Waals surface area contributed by atoms with Gasteiger partial charge in [0.25, 0.3) is 0 Å². The van der Waals surface area contributed by atoms with Gasteiger partial charge in [-0.2, -0.15) is 4.98 Å². The van der Waals surface area contributed by atoms with E-state index in [1.807, 2.05) is 47.8 Å². The Morgan fingerprint density at radius 3 is 2.86 bits per heavy atom. The standard InChI is InChI=1S/C16H13N3O2S/c20-14(9-8-13-7-4-10-22-13)17-11-15-18-16(19-21-15)12-5-2-1-3-6-12/h1-10H,11H2,(H,17,20). The lowest BCUT2D eigenvalue weighted by molar-refractivity contribution is -0.116. The summed E-state index contributed by atoms with van der Waals surface area (Å²) in [5, 5.41) is 8.57. The Bertz CT molecular complexity index is 764. The van der Waals surface area contributed by atoms with Crippen molar-refractivity contribution in [3.05, 3.63) is 64.7 Å². The molecule has 0 aliphatic rings. The summed E-state index contributed by atoms with van der Waals surface area (Å²) in [4.78, 5) is 17.0. The second-order valence-corrected chi connectivity index (χ2v) is 5.42. The molecule has 0 fully saturated rings. The molecule has 3 rings (SSSR count). The molecule has 0 radical (unpaired) electrons. The number of nitrogens with zero attached hydrogens (tertiary/aromatic N) is 2. The van der Waals surface area contributed by atoms with Crippen LogP contribution in [0.3, 0.4) is 0 Å². The molecular formula is C16H13N3O2S. The van der Waals surface area contributed by atoms with Gasteiger partial charge in [-0.1, -0.05) is 41.6 Å². The lowest BCUT2D eigenvalue weighted by Gasteiger charge is -1.96. The number of rotatable bonds is 5. The summed E-state index contributed by atoms with van der Waals surface area (Å²) in [6, 6.07) is 13.4. The maximum atomic E-state index is 11.7. The minimum atomic E-state index is -0.201. The van der Waals surface area contributed by atoms with Crippen molar-refractivity contribution in [2.45, 2.75) is 6.54 Å². The number of hydrogen-bond donors (Lipinski definition) is 1. The van der Waals surface area contributed by atoms with Gasteiger partial charge in [0.05, 0.1) is 6.54 Å². The molecule has 0 spiro atoms. The van der Waals surface area contributed by atoms with Gasteiger partial charge in [-0.25, -0.2) is 0 Å². The molecular weight excluding hydrogens is 298 g/mol. The van der Waals surface area contributed by atoms with Crippen LogP contribution in [0, 0.1) is 0 Å². The summed E-state index contributed by atoms with van der Waals surface area (Å²) in [6.07, 6.45) is 3.25. The van der Waals surface area contributed by atoms with Crippen LogP contribution in [0.4, 0.5) is 0 Å². The van der Waals surface area contributed by atoms with Crippen LogP contribution >= 0.6 is 11.3 Å². The van der Waals surface area contributed by atoms with E-state index in [0.29, 0.717) is 11.7 Å². The highest BCUT2D eigenvalue weighted by atomic mass is 32.1. The van der Waals surface area contributed by atoms with Crippen LogP contribution < -0.4 is 5.32 Å². The van der Waals surface area contributed by atoms with Crippen molar-refractivity contribution >= 4 is 23.3 Å². The molecule has 0 bridgehead atoms. The van der Waals surface area contributed by atoms with E-state index in [1.54, 1.807) is 17.4 Å². The molecule has 0 aliphatic carbocycles. The number of benzene rings is 1. The molecule has 1 aromatic carbocycles. The van der Waals surface area contributed by atoms with Gasteiger partial charge in [-0.05, 0) is 17.5 Å². The van der Waals surface area contributed by atoms with Crippen LogP contribution in [-0.4, -0.2) is 16.0 Å². The third-order valence-corrected chi connectivity index (χ3v) is 3.69. The normalized spacial score (nSPS) is 10.9. The highest BCUT2D eigenvalue weighted by Crippen LogP contribution is 2.14. The Morgan fingerprint density at radius 2 is 2.09 bits per heavy atom. The maximum absolute atomic E-state index is 11.7. The summed E-state index contributed by atoms with van der Waals surface area (Å²) in [5.74, 6) is 0.684. The fraction of sp³-hybridized carbons (Fsp3) is 0.0625. The fourth-order valence-corrected chi connectivity index (χ4v) is 2.41. The Morgan fingerprint density at radius 1 is 1.23 bits per heavy atom. The van der Waals surface area contributed by atoms with Gasteiger partial charge in [0, 0.05) is 16.5 Å². The number of amides is 1. The van der Waals surface area contributed by atoms with E-state index in [4.69, 9.17) is 4.52 Å². The zero-order valence-electron chi connectivity index (χ0n) is 11.6. The molecule has 22 heavy (non-hydrogen) atoms. The van der Waals surface area contributed by atoms with Gasteiger partial charge in [0.1, 0.15) is 0 Å². The van der Waals surface area contributed by atoms with E-state index in [0.717, 1.165) is 10.4 Å². The number of thiophene rings is 1. The minimum Gasteiger partial charge on any atom is -0.343 e. The molecule has 0 saturated heterocycles. The number of nitrogens with one attached hydrogen (secondary N) is 1. The summed E-state index contributed by atoms with van der Waals surface area (Å²) in [5.41, 5.74) is 0.876. The molecule has 0 unspecified atom stereocenters. The van der Waals surface area contributed by atoms with Gasteiger partial charge in [0.2, 0.25) is 17.6 Å². The Labute approximate surface area is 131 Å². The topological polar surface area (TPSA) is 68.0 Å². The molecule has 6 heteroatoms. The van der Waals surface area contributed by atoms with E-state index in [2.05, 4.69) is 15.5 Å². The van der Waals surface area contributed by atoms with Crippen LogP contribution in [0.1, 0.15) is 10.8 Å². The van der Waals surface area contributed by atoms with Crippen molar-refractivity contribution < 1.29 is 9.32 Å². The van der Waals surface area contributed by atoms with E-state index in [1.165, 1.54) is 6.08 Å². The fourth-order valence-electron chi connectivity index (χ4n) is 1.80. The number of carbonyl (C=O) groups is 1. The number of aromatic nitrogens is 2. The van der Waals surface area contributed by atoms with Gasteiger partial charge in [0.15, 0.2) is 0 Å². The Balaban J connectivity index is 1.56. The van der Waals surface area contributed by atoms with Gasteiger partial charge in [-0.3, -0.25) is 4.79 Å². The first-order valence-corrected chi connectivity index (χ1v) is 7.56. The quantitative estimate of drug-likeness (QED) is 0.735. The number of carbonyl (C=O) groups excluding carboxylic acids is 1. The third kappa shape index (κ3) is 3.67. The first-order valence-electron chi connectivity index (χ1n) is 6.69. The zero-order valence-corrected chi connectivity index (χ0v) is 12.4. The second-order valence-electron chi connectivity index (χ2n) is 4.44. The average Bonchev–Trinajstić information content (AvgIpc) is 3.23. The molecule has 0 atom stereocenters. The van der Waals surface area contributed by atoms with Crippen molar-refractivity contribution in [1.82, 2.24) is 15.5 Å². The monoisotopic (exact) mass is 311 g/mol. The van der Waals surface area contributed by atoms with Gasteiger partial charge >= 0.3 is 0 Å². The van der Waals surface area contributed by atoms with Gasteiger partial charge in [-0.15, -0.1) is 11.3 Å². The van der Waals surface area contributed by atoms with E-state index < -0.39 is 0 Å². The predicted molar refractivity (Wildman–Crippen MR) is 84.9 cm³/mol. The average molecular weight is 311 g/mol. The molecule has 1 N–H and O–H groups in total. The van der Waals surface area contributed by atoms with E-state index >= 15 is 0 Å². The second kappa shape index (κ2) is 6.82. The van der Waals surface area contributed by atoms with Crippen LogP contribution in [0.2, 0.25) is 0 Å². The smallest absolute Gasteiger partial charge is 0.246 e. The Hall–Kier alpha value is -2.73. The molecule has 2 aromatic heterocycles. The largest absolute Gasteiger partial charge is 0.343 e. The summed E-state index contributed by atoms with van der Waals surface area (Å²) in [6.45, 7) is 0.202. The Kier molecular flexibility index (Phi) is 4.41. The minimum absolute atomic E-state index is 0.201. The van der Waals surface area contributed by atoms with Crippen molar-refractivity contribution in [3.8, 4) is 11.4 Å². The van der Waals surface area contributed by atoms with Crippen LogP contribution in [0.25, 0.3) is 17.5 Å². The SMILES string of the molecule is O=C(C=Cc1cccs1)NCc1nc(-c2ccccc2)no1. The molecule has 1 amide bonds. The molecule has 0 aliphatic heterocycles.